The van der Waals surface area contributed by atoms with Crippen molar-refractivity contribution >= 4 is 51.0 Å². The summed E-state index contributed by atoms with van der Waals surface area (Å²) in [6.07, 6.45) is 18.5. The molecule has 0 saturated carbocycles. The quantitative estimate of drug-likeness (QED) is 0.238. The van der Waals surface area contributed by atoms with Crippen molar-refractivity contribution in [2.75, 3.05) is 4.90 Å². The Bertz CT molecular complexity index is 1930. The molecule has 39 heavy (non-hydrogen) atoms. The fourth-order valence-electron chi connectivity index (χ4n) is 6.91. The Morgan fingerprint density at radius 1 is 0.744 bits per heavy atom. The number of fused-ring (bicyclic) bond motifs is 4. The van der Waals surface area contributed by atoms with Gasteiger partial charge in [0.05, 0.1) is 5.69 Å². The predicted molar refractivity (Wildman–Crippen MR) is 166 cm³/mol. The molecule has 1 atom stereocenters. The molecule has 8 rings (SSSR count). The summed E-state index contributed by atoms with van der Waals surface area (Å²) in [4.78, 5) is 2.44. The van der Waals surface area contributed by atoms with Gasteiger partial charge in [0, 0.05) is 51.2 Å². The minimum atomic E-state index is 0.0759. The molecular formula is C37H30N2. The van der Waals surface area contributed by atoms with Gasteiger partial charge in [-0.25, -0.2) is 0 Å². The number of benzene rings is 4. The first-order chi connectivity index (χ1) is 19.1. The topological polar surface area (TPSA) is 8.17 Å². The smallest absolute Gasteiger partial charge is 0.0537 e. The molecule has 3 aliphatic rings. The van der Waals surface area contributed by atoms with Gasteiger partial charge in [0.15, 0.2) is 0 Å². The number of aromatic nitrogens is 1. The Morgan fingerprint density at radius 3 is 2.44 bits per heavy atom. The number of para-hydroxylation sites is 1. The van der Waals surface area contributed by atoms with Crippen molar-refractivity contribution in [2.45, 2.75) is 19.8 Å². The van der Waals surface area contributed by atoms with Crippen molar-refractivity contribution in [1.82, 2.24) is 4.57 Å². The first-order valence-electron chi connectivity index (χ1n) is 13.8. The molecule has 0 amide bonds. The number of hydrogen-bond acceptors (Lipinski definition) is 1. The Labute approximate surface area is 229 Å². The zero-order chi connectivity index (χ0) is 26.1. The van der Waals surface area contributed by atoms with Crippen molar-refractivity contribution in [3.8, 4) is 0 Å². The molecule has 0 saturated heterocycles. The zero-order valence-electron chi connectivity index (χ0n) is 22.4. The van der Waals surface area contributed by atoms with Crippen LogP contribution in [-0.2, 0) is 13.5 Å². The van der Waals surface area contributed by atoms with Crippen LogP contribution in [0.2, 0.25) is 0 Å². The van der Waals surface area contributed by atoms with Crippen LogP contribution in [0.15, 0.2) is 115 Å². The highest BCUT2D eigenvalue weighted by molar-refractivity contribution is 6.09. The van der Waals surface area contributed by atoms with Crippen LogP contribution in [0.25, 0.3) is 34.0 Å². The van der Waals surface area contributed by atoms with E-state index in [2.05, 4.69) is 145 Å². The monoisotopic (exact) mass is 502 g/mol. The SMILES string of the molecule is Cc1ccc2c(c1)c1cc(N(c3ccccc3)c3ccc4c5c3C=CC3(C=CC=C(C=C4)C3)C5)ccc1n2C. The Kier molecular flexibility index (Phi) is 4.73. The van der Waals surface area contributed by atoms with Crippen LogP contribution >= 0.6 is 0 Å². The summed E-state index contributed by atoms with van der Waals surface area (Å²) in [5, 5.41) is 2.60. The molecule has 3 bridgehead atoms. The maximum Gasteiger partial charge on any atom is 0.0537 e. The molecule has 1 heterocycles. The summed E-state index contributed by atoms with van der Waals surface area (Å²) in [7, 11) is 2.17. The second-order valence-corrected chi connectivity index (χ2v) is 11.4. The normalized spacial score (nSPS) is 18.8. The van der Waals surface area contributed by atoms with Crippen LogP contribution in [-0.4, -0.2) is 4.57 Å². The number of hydrogen-bond donors (Lipinski definition) is 0. The molecule has 3 aliphatic carbocycles. The van der Waals surface area contributed by atoms with Crippen molar-refractivity contribution in [3.63, 3.8) is 0 Å². The van der Waals surface area contributed by atoms with E-state index in [1.54, 1.807) is 0 Å². The van der Waals surface area contributed by atoms with E-state index in [4.69, 9.17) is 0 Å². The summed E-state index contributed by atoms with van der Waals surface area (Å²) >= 11 is 0. The van der Waals surface area contributed by atoms with E-state index in [1.165, 1.54) is 66.7 Å². The molecule has 188 valence electrons. The van der Waals surface area contributed by atoms with Crippen molar-refractivity contribution < 1.29 is 0 Å². The largest absolute Gasteiger partial charge is 0.344 e. The van der Waals surface area contributed by atoms with Gasteiger partial charge in [0.2, 0.25) is 0 Å². The molecule has 4 aromatic carbocycles. The number of aryl methyl sites for hydroxylation is 2. The number of rotatable bonds is 3. The van der Waals surface area contributed by atoms with Gasteiger partial charge in [-0.15, -0.1) is 0 Å². The number of anilines is 3. The molecule has 1 spiro atoms. The number of allylic oxidation sites excluding steroid dienone is 6. The average Bonchev–Trinajstić information content (AvgIpc) is 3.23. The molecule has 0 fully saturated rings. The maximum absolute atomic E-state index is 2.45. The van der Waals surface area contributed by atoms with Crippen molar-refractivity contribution in [1.29, 1.82) is 0 Å². The van der Waals surface area contributed by atoms with E-state index < -0.39 is 0 Å². The highest BCUT2D eigenvalue weighted by Crippen LogP contribution is 2.48. The van der Waals surface area contributed by atoms with Crippen LogP contribution in [0.3, 0.4) is 0 Å². The van der Waals surface area contributed by atoms with Crippen LogP contribution in [0.1, 0.15) is 28.7 Å². The number of nitrogens with zero attached hydrogens (tertiary/aromatic N) is 2. The maximum atomic E-state index is 2.45. The Morgan fingerprint density at radius 2 is 1.56 bits per heavy atom. The van der Waals surface area contributed by atoms with Crippen LogP contribution in [0, 0.1) is 12.3 Å². The molecule has 0 radical (unpaired) electrons. The minimum Gasteiger partial charge on any atom is -0.344 e. The van der Waals surface area contributed by atoms with E-state index in [0.717, 1.165) is 12.8 Å². The second-order valence-electron chi connectivity index (χ2n) is 11.4. The summed E-state index contributed by atoms with van der Waals surface area (Å²) < 4.78 is 2.31. The lowest BCUT2D eigenvalue weighted by atomic mass is 9.68. The molecule has 0 aliphatic heterocycles. The molecule has 2 heteroatoms. The minimum absolute atomic E-state index is 0.0759. The summed E-state index contributed by atoms with van der Waals surface area (Å²) in [5.74, 6) is 0. The molecule has 1 unspecified atom stereocenters. The standard InChI is InChI=1S/C37H30N2/c1-25-10-15-34-31(21-25)32-22-29(14-17-35(32)38(34)2)39(28-8-4-3-5-9-28)36-16-13-27-12-11-26-7-6-19-37(23-26)20-18-30(36)33(27)24-37/h3-22H,23-24H2,1-2H3. The van der Waals surface area contributed by atoms with Crippen molar-refractivity contribution in [3.05, 3.63) is 137 Å². The van der Waals surface area contributed by atoms with Gasteiger partial charge in [-0.1, -0.05) is 78.4 Å². The molecular weight excluding hydrogens is 472 g/mol. The molecule has 1 aromatic heterocycles. The Hall–Kier alpha value is -4.56. The van der Waals surface area contributed by atoms with Gasteiger partial charge in [0.1, 0.15) is 0 Å². The lowest BCUT2D eigenvalue weighted by Crippen LogP contribution is -2.26. The fourth-order valence-corrected chi connectivity index (χ4v) is 6.91. The summed E-state index contributed by atoms with van der Waals surface area (Å²) in [6.45, 7) is 2.18. The third-order valence-electron chi connectivity index (χ3n) is 8.87. The van der Waals surface area contributed by atoms with Gasteiger partial charge in [-0.3, -0.25) is 0 Å². The van der Waals surface area contributed by atoms with Crippen LogP contribution in [0.4, 0.5) is 17.1 Å². The summed E-state index contributed by atoms with van der Waals surface area (Å²) in [6, 6.07) is 29.1. The van der Waals surface area contributed by atoms with Gasteiger partial charge >= 0.3 is 0 Å². The van der Waals surface area contributed by atoms with E-state index in [0.29, 0.717) is 0 Å². The molecule has 2 nitrogen and oxygen atoms in total. The van der Waals surface area contributed by atoms with Gasteiger partial charge in [-0.2, -0.15) is 0 Å². The van der Waals surface area contributed by atoms with E-state index in [-0.39, 0.29) is 5.41 Å². The first-order valence-corrected chi connectivity index (χ1v) is 13.8. The Balaban J connectivity index is 1.37. The lowest BCUT2D eigenvalue weighted by Gasteiger charge is -2.38. The molecule has 0 N–H and O–H groups in total. The van der Waals surface area contributed by atoms with E-state index >= 15 is 0 Å². The van der Waals surface area contributed by atoms with Crippen LogP contribution < -0.4 is 4.90 Å². The highest BCUT2D eigenvalue weighted by atomic mass is 15.1. The van der Waals surface area contributed by atoms with Gasteiger partial charge in [0.25, 0.3) is 0 Å². The van der Waals surface area contributed by atoms with E-state index in [9.17, 15) is 0 Å². The second kappa shape index (κ2) is 8.22. The summed E-state index contributed by atoms with van der Waals surface area (Å²) in [5.41, 5.74) is 13.0. The first kappa shape index (κ1) is 22.4. The van der Waals surface area contributed by atoms with Gasteiger partial charge in [-0.05, 0) is 85.0 Å². The third kappa shape index (κ3) is 3.41. The lowest BCUT2D eigenvalue weighted by molar-refractivity contribution is 0.478. The average molecular weight is 503 g/mol. The predicted octanol–water partition coefficient (Wildman–Crippen LogP) is 9.58. The molecule has 5 aromatic rings. The van der Waals surface area contributed by atoms with Crippen molar-refractivity contribution in [2.24, 2.45) is 12.5 Å². The van der Waals surface area contributed by atoms with Gasteiger partial charge < -0.3 is 9.47 Å². The van der Waals surface area contributed by atoms with Crippen LogP contribution in [0.5, 0.6) is 0 Å². The third-order valence-corrected chi connectivity index (χ3v) is 8.87. The zero-order valence-corrected chi connectivity index (χ0v) is 22.4. The fraction of sp³-hybridized carbons (Fsp3) is 0.135. The van der Waals surface area contributed by atoms with E-state index in [1.807, 2.05) is 0 Å². The highest BCUT2D eigenvalue weighted by Gasteiger charge is 2.34.